The number of ether oxygens (including phenoxy) is 1. The molecule has 0 bridgehead atoms. The van der Waals surface area contributed by atoms with Crippen LogP contribution in [0.15, 0.2) is 24.3 Å². The highest BCUT2D eigenvalue weighted by molar-refractivity contribution is 6.10. The number of fused-ring (bicyclic) bond motifs is 1. The number of aromatic amines is 1. The fraction of sp³-hybridized carbons (Fsp3) is 0.545. The lowest BCUT2D eigenvalue weighted by Crippen LogP contribution is -2.34. The van der Waals surface area contributed by atoms with Gasteiger partial charge in [0.25, 0.3) is 5.91 Å². The number of rotatable bonds is 5. The van der Waals surface area contributed by atoms with Gasteiger partial charge in [-0.05, 0) is 43.2 Å². The Hall–Kier alpha value is -2.30. The van der Waals surface area contributed by atoms with E-state index in [4.69, 9.17) is 4.74 Å². The van der Waals surface area contributed by atoms with Crippen LogP contribution in [0.5, 0.6) is 5.75 Å². The molecule has 5 nitrogen and oxygen atoms in total. The summed E-state index contributed by atoms with van der Waals surface area (Å²) >= 11 is 0. The van der Waals surface area contributed by atoms with Crippen molar-refractivity contribution in [2.24, 2.45) is 11.8 Å². The number of amides is 1. The van der Waals surface area contributed by atoms with Crippen molar-refractivity contribution in [1.82, 2.24) is 10.2 Å². The number of aromatic nitrogens is 2. The molecule has 1 fully saturated rings. The molecule has 5 heteroatoms. The molecule has 0 saturated heterocycles. The van der Waals surface area contributed by atoms with Crippen LogP contribution in [0.1, 0.15) is 73.7 Å². The average Bonchev–Trinajstić information content (AvgIpc) is 3.21. The number of benzene rings is 1. The van der Waals surface area contributed by atoms with Crippen molar-refractivity contribution in [3.8, 4) is 5.75 Å². The SMILES string of the molecule is COc1cccc(N2C(=O)c3n[nH]c(CC(C)C)c3C2C2CCCCC2)c1. The topological polar surface area (TPSA) is 58.2 Å². The molecule has 27 heavy (non-hydrogen) atoms. The Morgan fingerprint density at radius 1 is 1.26 bits per heavy atom. The molecule has 1 saturated carbocycles. The first-order valence-corrected chi connectivity index (χ1v) is 10.1. The highest BCUT2D eigenvalue weighted by atomic mass is 16.5. The van der Waals surface area contributed by atoms with Crippen LogP contribution in [-0.2, 0) is 6.42 Å². The summed E-state index contributed by atoms with van der Waals surface area (Å²) in [7, 11) is 1.66. The van der Waals surface area contributed by atoms with E-state index in [2.05, 4.69) is 24.0 Å². The number of carbonyl (C=O) groups excluding carboxylic acids is 1. The van der Waals surface area contributed by atoms with Crippen molar-refractivity contribution in [3.63, 3.8) is 0 Å². The summed E-state index contributed by atoms with van der Waals surface area (Å²) in [6.45, 7) is 4.42. The van der Waals surface area contributed by atoms with E-state index in [-0.39, 0.29) is 11.9 Å². The molecular formula is C22H29N3O2. The second kappa shape index (κ2) is 7.37. The summed E-state index contributed by atoms with van der Waals surface area (Å²) < 4.78 is 5.41. The van der Waals surface area contributed by atoms with Crippen molar-refractivity contribution in [3.05, 3.63) is 41.2 Å². The van der Waals surface area contributed by atoms with Crippen molar-refractivity contribution in [2.75, 3.05) is 12.0 Å². The summed E-state index contributed by atoms with van der Waals surface area (Å²) in [5.41, 5.74) is 3.80. The molecule has 1 aromatic heterocycles. The van der Waals surface area contributed by atoms with Crippen LogP contribution in [0.3, 0.4) is 0 Å². The molecule has 0 radical (unpaired) electrons. The van der Waals surface area contributed by atoms with Gasteiger partial charge in [0, 0.05) is 23.0 Å². The molecular weight excluding hydrogens is 338 g/mol. The van der Waals surface area contributed by atoms with Gasteiger partial charge in [0.15, 0.2) is 5.69 Å². The maximum atomic E-state index is 13.4. The summed E-state index contributed by atoms with van der Waals surface area (Å²) in [4.78, 5) is 15.3. The largest absolute Gasteiger partial charge is 0.497 e. The Bertz CT molecular complexity index is 821. The predicted octanol–water partition coefficient (Wildman–Crippen LogP) is 4.90. The lowest BCUT2D eigenvalue weighted by molar-refractivity contribution is 0.0977. The molecule has 1 aliphatic carbocycles. The van der Waals surface area contributed by atoms with Crippen molar-refractivity contribution in [1.29, 1.82) is 0 Å². The molecule has 1 N–H and O–H groups in total. The minimum absolute atomic E-state index is 0.0140. The van der Waals surface area contributed by atoms with Gasteiger partial charge in [-0.3, -0.25) is 14.8 Å². The molecule has 4 rings (SSSR count). The van der Waals surface area contributed by atoms with Crippen LogP contribution in [0.2, 0.25) is 0 Å². The zero-order valence-corrected chi connectivity index (χ0v) is 16.5. The summed E-state index contributed by atoms with van der Waals surface area (Å²) in [6, 6.07) is 7.92. The predicted molar refractivity (Wildman–Crippen MR) is 106 cm³/mol. The average molecular weight is 367 g/mol. The first-order valence-electron chi connectivity index (χ1n) is 10.1. The quantitative estimate of drug-likeness (QED) is 0.818. The van der Waals surface area contributed by atoms with Gasteiger partial charge in [-0.1, -0.05) is 39.2 Å². The zero-order valence-electron chi connectivity index (χ0n) is 16.5. The van der Waals surface area contributed by atoms with Crippen LogP contribution in [0, 0.1) is 11.8 Å². The molecule has 2 aromatic rings. The van der Waals surface area contributed by atoms with Crippen molar-refractivity contribution < 1.29 is 9.53 Å². The molecule has 1 unspecified atom stereocenters. The third-order valence-electron chi connectivity index (χ3n) is 5.92. The maximum Gasteiger partial charge on any atom is 0.279 e. The van der Waals surface area contributed by atoms with E-state index >= 15 is 0 Å². The van der Waals surface area contributed by atoms with Crippen molar-refractivity contribution in [2.45, 2.75) is 58.4 Å². The lowest BCUT2D eigenvalue weighted by atomic mass is 9.80. The number of hydrogen-bond acceptors (Lipinski definition) is 3. The first kappa shape index (κ1) is 18.1. The van der Waals surface area contributed by atoms with E-state index in [0.717, 1.165) is 29.1 Å². The van der Waals surface area contributed by atoms with Crippen LogP contribution >= 0.6 is 0 Å². The molecule has 1 aromatic carbocycles. The Balaban J connectivity index is 1.79. The van der Waals surface area contributed by atoms with Gasteiger partial charge >= 0.3 is 0 Å². The summed E-state index contributed by atoms with van der Waals surface area (Å²) in [5, 5.41) is 7.63. The normalized spacial score (nSPS) is 20.4. The second-order valence-corrected chi connectivity index (χ2v) is 8.28. The van der Waals surface area contributed by atoms with Gasteiger partial charge in [-0.15, -0.1) is 0 Å². The molecule has 1 aliphatic heterocycles. The maximum absolute atomic E-state index is 13.4. The molecule has 2 heterocycles. The lowest BCUT2D eigenvalue weighted by Gasteiger charge is -2.35. The number of nitrogens with zero attached hydrogens (tertiary/aromatic N) is 2. The highest BCUT2D eigenvalue weighted by Gasteiger charge is 2.45. The molecule has 1 atom stereocenters. The number of carbonyl (C=O) groups is 1. The Morgan fingerprint density at radius 3 is 2.74 bits per heavy atom. The number of nitrogens with one attached hydrogen (secondary N) is 1. The third-order valence-corrected chi connectivity index (χ3v) is 5.92. The van der Waals surface area contributed by atoms with Gasteiger partial charge in [0.2, 0.25) is 0 Å². The van der Waals surface area contributed by atoms with E-state index < -0.39 is 0 Å². The van der Waals surface area contributed by atoms with Gasteiger partial charge in [0.05, 0.1) is 13.2 Å². The van der Waals surface area contributed by atoms with E-state index in [0.29, 0.717) is 17.5 Å². The third kappa shape index (κ3) is 3.24. The van der Waals surface area contributed by atoms with Gasteiger partial charge in [-0.25, -0.2) is 0 Å². The fourth-order valence-electron chi connectivity index (χ4n) is 4.74. The number of H-pyrrole nitrogens is 1. The van der Waals surface area contributed by atoms with Crippen LogP contribution in [0.4, 0.5) is 5.69 Å². The fourth-order valence-corrected chi connectivity index (χ4v) is 4.74. The summed E-state index contributed by atoms with van der Waals surface area (Å²) in [6.07, 6.45) is 7.05. The monoisotopic (exact) mass is 367 g/mol. The molecule has 0 spiro atoms. The van der Waals surface area contributed by atoms with Gasteiger partial charge < -0.3 is 4.74 Å². The van der Waals surface area contributed by atoms with Crippen molar-refractivity contribution >= 4 is 11.6 Å². The van der Waals surface area contributed by atoms with Crippen LogP contribution < -0.4 is 9.64 Å². The van der Waals surface area contributed by atoms with E-state index in [1.807, 2.05) is 29.2 Å². The van der Waals surface area contributed by atoms with Gasteiger partial charge in [0.1, 0.15) is 5.75 Å². The zero-order chi connectivity index (χ0) is 19.0. The molecule has 2 aliphatic rings. The number of hydrogen-bond donors (Lipinski definition) is 1. The van der Waals surface area contributed by atoms with Crippen LogP contribution in [0.25, 0.3) is 0 Å². The minimum atomic E-state index is 0.0140. The number of methoxy groups -OCH3 is 1. The molecule has 1 amide bonds. The van der Waals surface area contributed by atoms with E-state index in [1.165, 1.54) is 32.1 Å². The standard InChI is InChI=1S/C22H29N3O2/c1-14(2)12-18-19-20(24-23-18)22(26)25(16-10-7-11-17(13-16)27-3)21(19)15-8-5-4-6-9-15/h7,10-11,13-15,21H,4-6,8-9,12H2,1-3H3,(H,23,24). The second-order valence-electron chi connectivity index (χ2n) is 8.28. The van der Waals surface area contributed by atoms with E-state index in [1.54, 1.807) is 7.11 Å². The molecule has 144 valence electrons. The minimum Gasteiger partial charge on any atom is -0.497 e. The Morgan fingerprint density at radius 2 is 2.04 bits per heavy atom. The smallest absolute Gasteiger partial charge is 0.279 e. The van der Waals surface area contributed by atoms with Gasteiger partial charge in [-0.2, -0.15) is 5.10 Å². The highest BCUT2D eigenvalue weighted by Crippen LogP contribution is 2.47. The Labute approximate surface area is 161 Å². The Kier molecular flexibility index (Phi) is 4.94. The summed E-state index contributed by atoms with van der Waals surface area (Å²) in [5.74, 6) is 1.79. The van der Waals surface area contributed by atoms with Crippen LogP contribution in [-0.4, -0.2) is 23.2 Å². The first-order chi connectivity index (χ1) is 13.1. The number of anilines is 1. The van der Waals surface area contributed by atoms with E-state index in [9.17, 15) is 4.79 Å².